The maximum atomic E-state index is 13.1. The lowest BCUT2D eigenvalue weighted by atomic mass is 9.70. The normalized spacial score (nSPS) is 17.7. The van der Waals surface area contributed by atoms with E-state index in [1.807, 2.05) is 24.3 Å². The number of hydrogen-bond donors (Lipinski definition) is 0. The fourth-order valence-corrected chi connectivity index (χ4v) is 3.75. The van der Waals surface area contributed by atoms with Crippen LogP contribution in [0.25, 0.3) is 6.08 Å². The van der Waals surface area contributed by atoms with Crippen LogP contribution in [0.2, 0.25) is 0 Å². The molecular weight excluding hydrogens is 276 g/mol. The van der Waals surface area contributed by atoms with Gasteiger partial charge in [-0.05, 0) is 38.8 Å². The van der Waals surface area contributed by atoms with E-state index in [4.69, 9.17) is 9.15 Å². The van der Waals surface area contributed by atoms with Gasteiger partial charge in [0.05, 0.1) is 18.1 Å². The van der Waals surface area contributed by atoms with Gasteiger partial charge in [0.1, 0.15) is 17.3 Å². The van der Waals surface area contributed by atoms with Crippen molar-refractivity contribution in [3.05, 3.63) is 58.0 Å². The first kappa shape index (κ1) is 13.4. The highest BCUT2D eigenvalue weighted by molar-refractivity contribution is 6.14. The third-order valence-electron chi connectivity index (χ3n) is 4.78. The van der Waals surface area contributed by atoms with Crippen LogP contribution in [0.15, 0.2) is 28.7 Å². The monoisotopic (exact) mass is 294 g/mol. The number of carbonyl (C=O) groups is 1. The van der Waals surface area contributed by atoms with E-state index in [9.17, 15) is 4.79 Å². The lowest BCUT2D eigenvalue weighted by molar-refractivity contribution is 0.102. The van der Waals surface area contributed by atoms with Gasteiger partial charge in [-0.3, -0.25) is 4.79 Å². The van der Waals surface area contributed by atoms with E-state index in [0.29, 0.717) is 0 Å². The third kappa shape index (κ3) is 1.54. The summed E-state index contributed by atoms with van der Waals surface area (Å²) in [5, 5.41) is 0. The van der Waals surface area contributed by atoms with E-state index in [1.54, 1.807) is 7.11 Å². The molecular formula is C19H18O3. The van der Waals surface area contributed by atoms with Crippen molar-refractivity contribution < 1.29 is 13.9 Å². The molecule has 0 amide bonds. The lowest BCUT2D eigenvalue weighted by Gasteiger charge is -2.32. The molecule has 3 nitrogen and oxygen atoms in total. The van der Waals surface area contributed by atoms with Crippen molar-refractivity contribution in [2.75, 3.05) is 7.11 Å². The molecule has 0 atom stereocenters. The Morgan fingerprint density at radius 1 is 1.27 bits per heavy atom. The molecule has 0 saturated carbocycles. The molecule has 0 bridgehead atoms. The van der Waals surface area contributed by atoms with Crippen molar-refractivity contribution in [3.8, 4) is 5.75 Å². The standard InChI is InChI=1S/C19H18O3/c1-19(2)16-12(8-6-10-14(16)21-3)17(20)15-11-7-4-5-9-13(11)22-18(15)19/h5-6,8-10H,4,7H2,1-3H3. The number of fused-ring (bicyclic) bond motifs is 4. The third-order valence-corrected chi connectivity index (χ3v) is 4.78. The van der Waals surface area contributed by atoms with Crippen molar-refractivity contribution >= 4 is 11.9 Å². The summed E-state index contributed by atoms with van der Waals surface area (Å²) in [5.41, 5.74) is 3.09. The van der Waals surface area contributed by atoms with Crippen LogP contribution in [0.3, 0.4) is 0 Å². The number of carbonyl (C=O) groups excluding carboxylic acids is 1. The molecule has 1 aromatic carbocycles. The number of allylic oxidation sites excluding steroid dienone is 1. The van der Waals surface area contributed by atoms with Gasteiger partial charge < -0.3 is 9.15 Å². The highest BCUT2D eigenvalue weighted by Crippen LogP contribution is 2.48. The Labute approximate surface area is 129 Å². The molecule has 0 aliphatic heterocycles. The summed E-state index contributed by atoms with van der Waals surface area (Å²) in [6.45, 7) is 4.19. The maximum Gasteiger partial charge on any atom is 0.197 e. The molecule has 2 aromatic rings. The minimum atomic E-state index is -0.393. The molecule has 0 spiro atoms. The van der Waals surface area contributed by atoms with E-state index in [-0.39, 0.29) is 5.78 Å². The molecule has 1 heterocycles. The van der Waals surface area contributed by atoms with Crippen LogP contribution < -0.4 is 4.74 Å². The average Bonchev–Trinajstić information content (AvgIpc) is 2.93. The van der Waals surface area contributed by atoms with Crippen LogP contribution in [0.4, 0.5) is 0 Å². The van der Waals surface area contributed by atoms with E-state index in [1.165, 1.54) is 0 Å². The number of rotatable bonds is 1. The highest BCUT2D eigenvalue weighted by Gasteiger charge is 2.44. The second kappa shape index (κ2) is 4.35. The van der Waals surface area contributed by atoms with Crippen molar-refractivity contribution in [2.24, 2.45) is 0 Å². The van der Waals surface area contributed by atoms with Gasteiger partial charge >= 0.3 is 0 Å². The SMILES string of the molecule is COc1cccc2c1C(C)(C)c1oc3c(c1C2=O)CCC=C3. The van der Waals surface area contributed by atoms with Crippen LogP contribution >= 0.6 is 0 Å². The number of ether oxygens (including phenoxy) is 1. The zero-order valence-corrected chi connectivity index (χ0v) is 13.0. The second-order valence-corrected chi connectivity index (χ2v) is 6.43. The maximum absolute atomic E-state index is 13.1. The largest absolute Gasteiger partial charge is 0.496 e. The van der Waals surface area contributed by atoms with Crippen LogP contribution in [-0.4, -0.2) is 12.9 Å². The molecule has 4 rings (SSSR count). The second-order valence-electron chi connectivity index (χ2n) is 6.43. The number of ketones is 1. The van der Waals surface area contributed by atoms with Gasteiger partial charge in [0, 0.05) is 16.7 Å². The number of furan rings is 1. The minimum absolute atomic E-state index is 0.0588. The van der Waals surface area contributed by atoms with E-state index in [0.717, 1.165) is 52.4 Å². The van der Waals surface area contributed by atoms with Gasteiger partial charge in [-0.1, -0.05) is 18.2 Å². The smallest absolute Gasteiger partial charge is 0.197 e. The molecule has 3 heteroatoms. The molecule has 0 saturated heterocycles. The molecule has 112 valence electrons. The summed E-state index contributed by atoms with van der Waals surface area (Å²) in [6.07, 6.45) is 5.91. The Morgan fingerprint density at radius 2 is 2.09 bits per heavy atom. The van der Waals surface area contributed by atoms with Crippen LogP contribution in [-0.2, 0) is 11.8 Å². The summed E-state index contributed by atoms with van der Waals surface area (Å²) in [4.78, 5) is 13.1. The first-order chi connectivity index (χ1) is 10.6. The quantitative estimate of drug-likeness (QED) is 0.794. The Morgan fingerprint density at radius 3 is 2.86 bits per heavy atom. The summed E-state index contributed by atoms with van der Waals surface area (Å²) >= 11 is 0. The lowest BCUT2D eigenvalue weighted by Crippen LogP contribution is -2.30. The van der Waals surface area contributed by atoms with Gasteiger partial charge in [0.2, 0.25) is 0 Å². The van der Waals surface area contributed by atoms with Crippen LogP contribution in [0.1, 0.15) is 58.8 Å². The molecule has 0 unspecified atom stereocenters. The summed E-state index contributed by atoms with van der Waals surface area (Å²) in [6, 6.07) is 5.67. The van der Waals surface area contributed by atoms with Gasteiger partial charge in [-0.15, -0.1) is 0 Å². The van der Waals surface area contributed by atoms with Crippen LogP contribution in [0, 0.1) is 0 Å². The molecule has 22 heavy (non-hydrogen) atoms. The molecule has 2 aliphatic carbocycles. The van der Waals surface area contributed by atoms with Crippen LogP contribution in [0.5, 0.6) is 5.75 Å². The van der Waals surface area contributed by atoms with E-state index < -0.39 is 5.41 Å². The first-order valence-electron chi connectivity index (χ1n) is 7.60. The van der Waals surface area contributed by atoms with Crippen molar-refractivity contribution in [1.82, 2.24) is 0 Å². The van der Waals surface area contributed by atoms with Crippen molar-refractivity contribution in [2.45, 2.75) is 32.1 Å². The molecule has 0 radical (unpaired) electrons. The summed E-state index contributed by atoms with van der Waals surface area (Å²) in [5.74, 6) is 2.41. The fourth-order valence-electron chi connectivity index (χ4n) is 3.75. The van der Waals surface area contributed by atoms with Crippen molar-refractivity contribution in [1.29, 1.82) is 0 Å². The van der Waals surface area contributed by atoms with E-state index >= 15 is 0 Å². The Hall–Kier alpha value is -2.29. The predicted octanol–water partition coefficient (Wildman–Crippen LogP) is 4.12. The number of benzene rings is 1. The molecule has 0 fully saturated rings. The topological polar surface area (TPSA) is 39.4 Å². The van der Waals surface area contributed by atoms with E-state index in [2.05, 4.69) is 19.9 Å². The van der Waals surface area contributed by atoms with Crippen molar-refractivity contribution in [3.63, 3.8) is 0 Å². The highest BCUT2D eigenvalue weighted by atomic mass is 16.5. The zero-order valence-electron chi connectivity index (χ0n) is 13.0. The molecule has 0 N–H and O–H groups in total. The van der Waals surface area contributed by atoms with Gasteiger partial charge in [0.25, 0.3) is 0 Å². The summed E-state index contributed by atoms with van der Waals surface area (Å²) < 4.78 is 11.6. The Kier molecular flexibility index (Phi) is 2.65. The van der Waals surface area contributed by atoms with Gasteiger partial charge in [-0.2, -0.15) is 0 Å². The molecule has 1 aromatic heterocycles. The first-order valence-corrected chi connectivity index (χ1v) is 7.60. The zero-order chi connectivity index (χ0) is 15.5. The number of methoxy groups -OCH3 is 1. The fraction of sp³-hybridized carbons (Fsp3) is 0.316. The summed E-state index contributed by atoms with van der Waals surface area (Å²) in [7, 11) is 1.64. The Balaban J connectivity index is 2.06. The number of hydrogen-bond acceptors (Lipinski definition) is 3. The Bertz CT molecular complexity index is 821. The molecule has 2 aliphatic rings. The minimum Gasteiger partial charge on any atom is -0.496 e. The van der Waals surface area contributed by atoms with Gasteiger partial charge in [0.15, 0.2) is 5.78 Å². The average molecular weight is 294 g/mol. The van der Waals surface area contributed by atoms with Gasteiger partial charge in [-0.25, -0.2) is 0 Å². The predicted molar refractivity (Wildman–Crippen MR) is 84.6 cm³/mol.